The quantitative estimate of drug-likeness (QED) is 0.903. The monoisotopic (exact) mass is 326 g/mol. The molecule has 1 aromatic rings. The van der Waals surface area contributed by atoms with E-state index in [1.54, 1.807) is 6.92 Å². The lowest BCUT2D eigenvalue weighted by Crippen LogP contribution is -2.63. The molecule has 0 aliphatic heterocycles. The minimum absolute atomic E-state index is 0.0144. The highest BCUT2D eigenvalue weighted by Gasteiger charge is 2.57. The number of ether oxygens (including phenoxy) is 1. The van der Waals surface area contributed by atoms with Crippen LogP contribution < -0.4 is 5.32 Å². The Morgan fingerprint density at radius 3 is 2.82 bits per heavy atom. The molecule has 3 rings (SSSR count). The van der Waals surface area contributed by atoms with E-state index in [2.05, 4.69) is 10.5 Å². The second kappa shape index (κ2) is 6.20. The largest absolute Gasteiger partial charge is 0.378 e. The molecule has 1 amide bonds. The third-order valence-electron chi connectivity index (χ3n) is 5.30. The average Bonchev–Trinajstić information content (AvgIpc) is 3.11. The number of carbonyl (C=O) groups excluding carboxylic acids is 1. The van der Waals surface area contributed by atoms with Gasteiger partial charge in [0.15, 0.2) is 0 Å². The molecule has 0 aromatic carbocycles. The number of hydrogen-bond acceptors (Lipinski definition) is 4. The molecule has 122 valence electrons. The van der Waals surface area contributed by atoms with Gasteiger partial charge >= 0.3 is 0 Å². The molecule has 0 saturated heterocycles. The summed E-state index contributed by atoms with van der Waals surface area (Å²) in [6.07, 6.45) is 6.19. The highest BCUT2D eigenvalue weighted by atomic mass is 35.5. The first kappa shape index (κ1) is 15.8. The van der Waals surface area contributed by atoms with Crippen LogP contribution >= 0.6 is 11.6 Å². The molecule has 1 spiro atoms. The Hall–Kier alpha value is -1.07. The molecule has 2 aliphatic rings. The normalized spacial score (nSPS) is 26.1. The number of halogens is 1. The van der Waals surface area contributed by atoms with E-state index in [4.69, 9.17) is 20.9 Å². The Bertz CT molecular complexity index is 532. The molecule has 0 bridgehead atoms. The van der Waals surface area contributed by atoms with Gasteiger partial charge in [0.1, 0.15) is 0 Å². The lowest BCUT2D eigenvalue weighted by Gasteiger charge is -2.54. The zero-order valence-corrected chi connectivity index (χ0v) is 13.9. The fraction of sp³-hybridized carbons (Fsp3) is 0.750. The molecule has 2 fully saturated rings. The number of aryl methyl sites for hydroxylation is 1. The minimum Gasteiger partial charge on any atom is -0.378 e. The van der Waals surface area contributed by atoms with Crippen LogP contribution in [0.3, 0.4) is 0 Å². The zero-order valence-electron chi connectivity index (χ0n) is 13.2. The van der Waals surface area contributed by atoms with E-state index in [0.29, 0.717) is 17.4 Å². The Morgan fingerprint density at radius 2 is 2.23 bits per heavy atom. The van der Waals surface area contributed by atoms with Crippen LogP contribution in [-0.4, -0.2) is 29.8 Å². The highest BCUT2D eigenvalue weighted by molar-refractivity contribution is 6.29. The molecule has 2 aliphatic carbocycles. The van der Waals surface area contributed by atoms with Crippen molar-refractivity contribution in [2.24, 2.45) is 5.41 Å². The van der Waals surface area contributed by atoms with Gasteiger partial charge in [-0.25, -0.2) is 0 Å². The number of carbonyl (C=O) groups is 1. The molecule has 1 N–H and O–H groups in total. The van der Waals surface area contributed by atoms with Gasteiger partial charge in [-0.1, -0.05) is 18.0 Å². The predicted molar refractivity (Wildman–Crippen MR) is 82.8 cm³/mol. The van der Waals surface area contributed by atoms with Crippen molar-refractivity contribution in [3.8, 4) is 0 Å². The summed E-state index contributed by atoms with van der Waals surface area (Å²) >= 11 is 5.93. The van der Waals surface area contributed by atoms with Gasteiger partial charge in [0.2, 0.25) is 11.1 Å². The fourth-order valence-corrected chi connectivity index (χ4v) is 4.29. The van der Waals surface area contributed by atoms with E-state index >= 15 is 0 Å². The molecule has 2 atom stereocenters. The van der Waals surface area contributed by atoms with Gasteiger partial charge in [0.25, 0.3) is 0 Å². The number of rotatable bonds is 5. The third kappa shape index (κ3) is 2.65. The van der Waals surface area contributed by atoms with E-state index in [9.17, 15) is 4.79 Å². The number of amides is 1. The maximum absolute atomic E-state index is 12.3. The van der Waals surface area contributed by atoms with Crippen LogP contribution in [0.25, 0.3) is 0 Å². The summed E-state index contributed by atoms with van der Waals surface area (Å²) in [4.78, 5) is 12.3. The molecule has 0 radical (unpaired) electrons. The summed E-state index contributed by atoms with van der Waals surface area (Å²) in [5.41, 5.74) is 1.51. The molecule has 22 heavy (non-hydrogen) atoms. The Balaban J connectivity index is 1.62. The Labute approximate surface area is 135 Å². The summed E-state index contributed by atoms with van der Waals surface area (Å²) < 4.78 is 10.8. The Kier molecular flexibility index (Phi) is 4.46. The van der Waals surface area contributed by atoms with Crippen LogP contribution in [0.5, 0.6) is 0 Å². The van der Waals surface area contributed by atoms with Gasteiger partial charge in [-0.05, 0) is 44.7 Å². The first-order valence-electron chi connectivity index (χ1n) is 8.08. The van der Waals surface area contributed by atoms with Gasteiger partial charge < -0.3 is 14.6 Å². The van der Waals surface area contributed by atoms with Crippen LogP contribution in [0.15, 0.2) is 4.52 Å². The standard InChI is InChI=1S/C16H23ClN2O3/c1-3-21-13-9-12(16(13)6-4-5-7-16)18-14(20)8-11-10(2)19-22-15(11)17/h12-13H,3-9H2,1-2H3,(H,18,20)/t12-,13-/m1/s1. The SMILES string of the molecule is CCO[C@@H]1C[C@@H](NC(=O)Cc2c(C)noc2Cl)C12CCCC2. The average molecular weight is 327 g/mol. The number of aromatic nitrogens is 1. The van der Waals surface area contributed by atoms with E-state index in [1.807, 2.05) is 6.92 Å². The fourth-order valence-electron chi connectivity index (χ4n) is 4.05. The number of hydrogen-bond donors (Lipinski definition) is 1. The van der Waals surface area contributed by atoms with Crippen molar-refractivity contribution >= 4 is 17.5 Å². The summed E-state index contributed by atoms with van der Waals surface area (Å²) in [6, 6.07) is 0.220. The summed E-state index contributed by atoms with van der Waals surface area (Å²) in [7, 11) is 0. The number of nitrogens with one attached hydrogen (secondary N) is 1. The van der Waals surface area contributed by atoms with Crippen molar-refractivity contribution in [3.63, 3.8) is 0 Å². The molecular weight excluding hydrogens is 304 g/mol. The van der Waals surface area contributed by atoms with Crippen LogP contribution in [0.4, 0.5) is 0 Å². The van der Waals surface area contributed by atoms with Crippen molar-refractivity contribution in [1.82, 2.24) is 10.5 Å². The van der Waals surface area contributed by atoms with E-state index in [-0.39, 0.29) is 29.0 Å². The van der Waals surface area contributed by atoms with Crippen molar-refractivity contribution in [2.45, 2.75) is 64.5 Å². The van der Waals surface area contributed by atoms with Gasteiger partial charge in [-0.2, -0.15) is 0 Å². The molecule has 5 nitrogen and oxygen atoms in total. The lowest BCUT2D eigenvalue weighted by atomic mass is 9.60. The summed E-state index contributed by atoms with van der Waals surface area (Å²) in [5, 5.41) is 7.18. The maximum Gasteiger partial charge on any atom is 0.229 e. The van der Waals surface area contributed by atoms with E-state index < -0.39 is 0 Å². The molecule has 1 heterocycles. The van der Waals surface area contributed by atoms with Gasteiger partial charge in [0, 0.05) is 23.6 Å². The van der Waals surface area contributed by atoms with Crippen LogP contribution in [0.2, 0.25) is 5.22 Å². The van der Waals surface area contributed by atoms with Crippen LogP contribution in [0, 0.1) is 12.3 Å². The molecule has 6 heteroatoms. The first-order valence-corrected chi connectivity index (χ1v) is 8.46. The number of nitrogens with zero attached hydrogens (tertiary/aromatic N) is 1. The van der Waals surface area contributed by atoms with Crippen LogP contribution in [-0.2, 0) is 16.0 Å². The zero-order chi connectivity index (χ0) is 15.7. The second-order valence-electron chi connectivity index (χ2n) is 6.44. The van der Waals surface area contributed by atoms with Crippen molar-refractivity contribution < 1.29 is 14.1 Å². The van der Waals surface area contributed by atoms with Crippen LogP contribution in [0.1, 0.15) is 50.3 Å². The van der Waals surface area contributed by atoms with E-state index in [1.165, 1.54) is 12.8 Å². The highest BCUT2D eigenvalue weighted by Crippen LogP contribution is 2.54. The first-order chi connectivity index (χ1) is 10.6. The molecular formula is C16H23ClN2O3. The minimum atomic E-state index is -0.0144. The summed E-state index contributed by atoms with van der Waals surface area (Å²) in [6.45, 7) is 4.57. The van der Waals surface area contributed by atoms with Gasteiger partial charge in [-0.3, -0.25) is 4.79 Å². The van der Waals surface area contributed by atoms with Crippen molar-refractivity contribution in [3.05, 3.63) is 16.5 Å². The second-order valence-corrected chi connectivity index (χ2v) is 6.78. The molecule has 1 aromatic heterocycles. The molecule has 2 saturated carbocycles. The van der Waals surface area contributed by atoms with Gasteiger partial charge in [-0.15, -0.1) is 0 Å². The maximum atomic E-state index is 12.3. The third-order valence-corrected chi connectivity index (χ3v) is 5.59. The molecule has 0 unspecified atom stereocenters. The van der Waals surface area contributed by atoms with Gasteiger partial charge in [0.05, 0.1) is 18.2 Å². The topological polar surface area (TPSA) is 64.4 Å². The van der Waals surface area contributed by atoms with E-state index in [0.717, 1.165) is 25.9 Å². The lowest BCUT2D eigenvalue weighted by molar-refractivity contribution is -0.143. The summed E-state index contributed by atoms with van der Waals surface area (Å²) in [5.74, 6) is -0.0144. The van der Waals surface area contributed by atoms with Crippen molar-refractivity contribution in [2.75, 3.05) is 6.61 Å². The van der Waals surface area contributed by atoms with Crippen molar-refractivity contribution in [1.29, 1.82) is 0 Å². The predicted octanol–water partition coefficient (Wildman–Crippen LogP) is 3.03. The smallest absolute Gasteiger partial charge is 0.229 e. The Morgan fingerprint density at radius 1 is 1.50 bits per heavy atom.